The van der Waals surface area contributed by atoms with Crippen molar-refractivity contribution in [1.82, 2.24) is 10.6 Å². The second-order valence-corrected chi connectivity index (χ2v) is 4.33. The Balaban J connectivity index is 2.28. The lowest BCUT2D eigenvalue weighted by Gasteiger charge is -2.07. The van der Waals surface area contributed by atoms with Crippen LogP contribution in [0.2, 0.25) is 0 Å². The average Bonchev–Trinajstić information content (AvgIpc) is 2.58. The number of esters is 1. The maximum atomic E-state index is 11.8. The molecule has 1 aromatic rings. The smallest absolute Gasteiger partial charge is 0.325 e. The molecule has 0 aliphatic carbocycles. The molecule has 0 heterocycles. The number of nitriles is 1. The average molecular weight is 319 g/mol. The zero-order valence-electron chi connectivity index (χ0n) is 12.6. The maximum Gasteiger partial charge on any atom is 0.325 e. The van der Waals surface area contributed by atoms with Gasteiger partial charge in [-0.3, -0.25) is 14.4 Å². The number of methoxy groups -OCH3 is 1. The third kappa shape index (κ3) is 6.95. The second kappa shape index (κ2) is 9.78. The molecular weight excluding hydrogens is 302 g/mol. The van der Waals surface area contributed by atoms with Gasteiger partial charge in [0.15, 0.2) is 6.61 Å². The third-order valence-electron chi connectivity index (χ3n) is 2.67. The first-order valence-electron chi connectivity index (χ1n) is 6.78. The van der Waals surface area contributed by atoms with Crippen molar-refractivity contribution >= 4 is 17.8 Å². The van der Waals surface area contributed by atoms with Gasteiger partial charge in [0.2, 0.25) is 0 Å². The first-order valence-corrected chi connectivity index (χ1v) is 6.78. The Kier molecular flexibility index (Phi) is 7.64. The standard InChI is InChI=1S/C15H17N3O5/c1-22-12-5-3-11(4-6-12)15(21)18-9-14(20)23-10-13(19)17-8-2-7-16/h3-6H,2,8-10H2,1H3,(H,17,19)(H,18,21). The van der Waals surface area contributed by atoms with Crippen LogP contribution in [0.3, 0.4) is 0 Å². The molecule has 0 atom stereocenters. The molecule has 23 heavy (non-hydrogen) atoms. The summed E-state index contributed by atoms with van der Waals surface area (Å²) >= 11 is 0. The summed E-state index contributed by atoms with van der Waals surface area (Å²) in [5.74, 6) is -1.07. The van der Waals surface area contributed by atoms with Gasteiger partial charge < -0.3 is 20.1 Å². The SMILES string of the molecule is COc1ccc(C(=O)NCC(=O)OCC(=O)NCCC#N)cc1. The van der Waals surface area contributed by atoms with Crippen LogP contribution in [0.25, 0.3) is 0 Å². The van der Waals surface area contributed by atoms with Crippen LogP contribution < -0.4 is 15.4 Å². The molecule has 0 saturated heterocycles. The van der Waals surface area contributed by atoms with Crippen LogP contribution in [0.5, 0.6) is 5.75 Å². The molecule has 0 spiro atoms. The topological polar surface area (TPSA) is 118 Å². The Bertz CT molecular complexity index is 592. The molecule has 8 nitrogen and oxygen atoms in total. The lowest BCUT2D eigenvalue weighted by atomic mass is 10.2. The lowest BCUT2D eigenvalue weighted by molar-refractivity contribution is -0.147. The Morgan fingerprint density at radius 2 is 1.87 bits per heavy atom. The van der Waals surface area contributed by atoms with Gasteiger partial charge >= 0.3 is 5.97 Å². The molecule has 0 aromatic heterocycles. The summed E-state index contributed by atoms with van der Waals surface area (Å²) in [6.45, 7) is -0.611. The van der Waals surface area contributed by atoms with E-state index in [0.29, 0.717) is 11.3 Å². The predicted molar refractivity (Wildman–Crippen MR) is 79.5 cm³/mol. The van der Waals surface area contributed by atoms with Crippen LogP contribution in [-0.4, -0.2) is 44.6 Å². The number of hydrogen-bond acceptors (Lipinski definition) is 6. The number of hydrogen-bond donors (Lipinski definition) is 2. The van der Waals surface area contributed by atoms with Crippen LogP contribution in [0.4, 0.5) is 0 Å². The molecule has 0 unspecified atom stereocenters. The fourth-order valence-electron chi connectivity index (χ4n) is 1.50. The van der Waals surface area contributed by atoms with E-state index in [1.54, 1.807) is 24.3 Å². The number of carbonyl (C=O) groups is 3. The van der Waals surface area contributed by atoms with Gasteiger partial charge in [-0.1, -0.05) is 0 Å². The van der Waals surface area contributed by atoms with Gasteiger partial charge in [-0.25, -0.2) is 0 Å². The summed E-state index contributed by atoms with van der Waals surface area (Å²) in [5.41, 5.74) is 0.368. The molecule has 0 aliphatic heterocycles. The van der Waals surface area contributed by atoms with Crippen LogP contribution in [0.1, 0.15) is 16.8 Å². The van der Waals surface area contributed by atoms with Crippen molar-refractivity contribution < 1.29 is 23.9 Å². The predicted octanol–water partition coefficient (Wildman–Crippen LogP) is -0.00192. The van der Waals surface area contributed by atoms with E-state index in [1.807, 2.05) is 6.07 Å². The van der Waals surface area contributed by atoms with Gasteiger partial charge in [-0.2, -0.15) is 5.26 Å². The highest BCUT2D eigenvalue weighted by molar-refractivity contribution is 5.96. The summed E-state index contributed by atoms with van der Waals surface area (Å²) in [5, 5.41) is 13.1. The molecule has 8 heteroatoms. The molecular formula is C15H17N3O5. The second-order valence-electron chi connectivity index (χ2n) is 4.33. The first kappa shape index (κ1) is 18.0. The van der Waals surface area contributed by atoms with E-state index < -0.39 is 24.4 Å². The van der Waals surface area contributed by atoms with Crippen LogP contribution >= 0.6 is 0 Å². The Hall–Kier alpha value is -3.08. The lowest BCUT2D eigenvalue weighted by Crippen LogP contribution is -2.34. The van der Waals surface area contributed by atoms with E-state index in [9.17, 15) is 14.4 Å². The fraction of sp³-hybridized carbons (Fsp3) is 0.333. The molecule has 0 fully saturated rings. The van der Waals surface area contributed by atoms with Crippen molar-refractivity contribution in [3.8, 4) is 11.8 Å². The van der Waals surface area contributed by atoms with E-state index in [-0.39, 0.29) is 19.5 Å². The number of nitrogens with one attached hydrogen (secondary N) is 2. The molecule has 0 radical (unpaired) electrons. The Morgan fingerprint density at radius 1 is 1.17 bits per heavy atom. The molecule has 1 aromatic carbocycles. The monoisotopic (exact) mass is 319 g/mol. The normalized spacial score (nSPS) is 9.39. The zero-order chi connectivity index (χ0) is 17.1. The first-order chi connectivity index (χ1) is 11.1. The summed E-state index contributed by atoms with van der Waals surface area (Å²) in [7, 11) is 1.52. The van der Waals surface area contributed by atoms with Gasteiger partial charge in [0.05, 0.1) is 19.6 Å². The fourth-order valence-corrected chi connectivity index (χ4v) is 1.50. The van der Waals surface area contributed by atoms with Gasteiger partial charge in [0.1, 0.15) is 12.3 Å². The third-order valence-corrected chi connectivity index (χ3v) is 2.67. The van der Waals surface area contributed by atoms with E-state index in [1.165, 1.54) is 7.11 Å². The summed E-state index contributed by atoms with van der Waals surface area (Å²) < 4.78 is 9.66. The number of amides is 2. The molecule has 0 saturated carbocycles. The summed E-state index contributed by atoms with van der Waals surface area (Å²) in [6.07, 6.45) is 0.178. The van der Waals surface area contributed by atoms with Crippen molar-refractivity contribution in [3.63, 3.8) is 0 Å². The van der Waals surface area contributed by atoms with E-state index >= 15 is 0 Å². The molecule has 2 amide bonds. The Morgan fingerprint density at radius 3 is 2.48 bits per heavy atom. The Labute approximate surface area is 133 Å². The largest absolute Gasteiger partial charge is 0.497 e. The van der Waals surface area contributed by atoms with Gasteiger partial charge in [-0.15, -0.1) is 0 Å². The van der Waals surface area contributed by atoms with Crippen molar-refractivity contribution in [2.24, 2.45) is 0 Å². The van der Waals surface area contributed by atoms with Crippen LogP contribution in [0, 0.1) is 11.3 Å². The van der Waals surface area contributed by atoms with Gasteiger partial charge in [0.25, 0.3) is 11.8 Å². The number of carbonyl (C=O) groups excluding carboxylic acids is 3. The number of ether oxygens (including phenoxy) is 2. The maximum absolute atomic E-state index is 11.8. The molecule has 1 rings (SSSR count). The molecule has 2 N–H and O–H groups in total. The number of nitrogens with zero attached hydrogens (tertiary/aromatic N) is 1. The minimum absolute atomic E-state index is 0.178. The molecule has 0 bridgehead atoms. The van der Waals surface area contributed by atoms with Gasteiger partial charge in [-0.05, 0) is 24.3 Å². The number of rotatable bonds is 8. The minimum Gasteiger partial charge on any atom is -0.497 e. The molecule has 0 aliphatic rings. The van der Waals surface area contributed by atoms with Crippen molar-refractivity contribution in [3.05, 3.63) is 29.8 Å². The van der Waals surface area contributed by atoms with Crippen LogP contribution in [-0.2, 0) is 14.3 Å². The van der Waals surface area contributed by atoms with Gasteiger partial charge in [0, 0.05) is 12.1 Å². The zero-order valence-corrected chi connectivity index (χ0v) is 12.6. The molecule has 122 valence electrons. The van der Waals surface area contributed by atoms with E-state index in [2.05, 4.69) is 15.4 Å². The van der Waals surface area contributed by atoms with E-state index in [4.69, 9.17) is 10.00 Å². The van der Waals surface area contributed by atoms with Crippen LogP contribution in [0.15, 0.2) is 24.3 Å². The highest BCUT2D eigenvalue weighted by atomic mass is 16.5. The van der Waals surface area contributed by atoms with E-state index in [0.717, 1.165) is 0 Å². The minimum atomic E-state index is -0.734. The highest BCUT2D eigenvalue weighted by Gasteiger charge is 2.10. The quantitative estimate of drug-likeness (QED) is 0.514. The highest BCUT2D eigenvalue weighted by Crippen LogP contribution is 2.10. The van der Waals surface area contributed by atoms with Crippen molar-refractivity contribution in [2.75, 3.05) is 26.8 Å². The number of benzene rings is 1. The summed E-state index contributed by atoms with van der Waals surface area (Å²) in [6, 6.07) is 8.23. The summed E-state index contributed by atoms with van der Waals surface area (Å²) in [4.78, 5) is 34.5. The van der Waals surface area contributed by atoms with Crippen molar-refractivity contribution in [2.45, 2.75) is 6.42 Å². The van der Waals surface area contributed by atoms with Crippen molar-refractivity contribution in [1.29, 1.82) is 5.26 Å².